The molecule has 3 aromatic heterocycles. The van der Waals surface area contributed by atoms with E-state index in [1.165, 1.54) is 0 Å². The molecule has 0 atom stereocenters. The monoisotopic (exact) mass is 273 g/mol. The highest BCUT2D eigenvalue weighted by atomic mass is 16.5. The molecule has 0 saturated carbocycles. The first kappa shape index (κ1) is 12.5. The quantitative estimate of drug-likeness (QED) is 0.747. The van der Waals surface area contributed by atoms with E-state index in [1.807, 2.05) is 23.7 Å². The third-order valence-corrected chi connectivity index (χ3v) is 2.92. The van der Waals surface area contributed by atoms with Crippen molar-refractivity contribution in [3.8, 4) is 0 Å². The van der Waals surface area contributed by atoms with Crippen molar-refractivity contribution in [2.45, 2.75) is 13.5 Å². The second-order valence-electron chi connectivity index (χ2n) is 4.33. The Kier molecular flexibility index (Phi) is 3.30. The van der Waals surface area contributed by atoms with Crippen LogP contribution in [0.25, 0.3) is 5.65 Å². The summed E-state index contributed by atoms with van der Waals surface area (Å²) in [6.07, 6.45) is 7.18. The Morgan fingerprint density at radius 3 is 3.10 bits per heavy atom. The molecule has 0 saturated heterocycles. The van der Waals surface area contributed by atoms with Gasteiger partial charge in [-0.05, 0) is 6.92 Å². The van der Waals surface area contributed by atoms with Gasteiger partial charge in [-0.15, -0.1) is 10.2 Å². The Morgan fingerprint density at radius 2 is 2.25 bits per heavy atom. The fourth-order valence-corrected chi connectivity index (χ4v) is 1.90. The summed E-state index contributed by atoms with van der Waals surface area (Å²) in [6, 6.07) is 0. The summed E-state index contributed by atoms with van der Waals surface area (Å²) in [5, 5.41) is 15.6. The second-order valence-corrected chi connectivity index (χ2v) is 4.33. The summed E-state index contributed by atoms with van der Waals surface area (Å²) in [5.74, 6) is 1.47. The minimum absolute atomic E-state index is 0.623. The van der Waals surface area contributed by atoms with Gasteiger partial charge in [0.1, 0.15) is 5.82 Å². The van der Waals surface area contributed by atoms with Gasteiger partial charge in [0.25, 0.3) is 0 Å². The Hall–Kier alpha value is -2.48. The van der Waals surface area contributed by atoms with E-state index >= 15 is 0 Å². The smallest absolute Gasteiger partial charge is 0.204 e. The Labute approximate surface area is 115 Å². The van der Waals surface area contributed by atoms with Gasteiger partial charge >= 0.3 is 0 Å². The average molecular weight is 273 g/mol. The molecule has 3 heterocycles. The topological polar surface area (TPSA) is 82.2 Å². The average Bonchev–Trinajstić information content (AvgIpc) is 3.05. The molecule has 104 valence electrons. The number of fused-ring (bicyclic) bond motifs is 1. The summed E-state index contributed by atoms with van der Waals surface area (Å²) >= 11 is 0. The highest BCUT2D eigenvalue weighted by Crippen LogP contribution is 2.17. The maximum absolute atomic E-state index is 5.02. The van der Waals surface area contributed by atoms with E-state index in [0.717, 1.165) is 11.5 Å². The summed E-state index contributed by atoms with van der Waals surface area (Å²) < 4.78 is 8.70. The second kappa shape index (κ2) is 5.25. The van der Waals surface area contributed by atoms with Gasteiger partial charge in [-0.3, -0.25) is 9.08 Å². The lowest BCUT2D eigenvalue weighted by atomic mass is 10.5. The molecular weight excluding hydrogens is 258 g/mol. The molecule has 8 nitrogen and oxygen atoms in total. The van der Waals surface area contributed by atoms with E-state index in [-0.39, 0.29) is 0 Å². The van der Waals surface area contributed by atoms with E-state index < -0.39 is 0 Å². The molecule has 0 spiro atoms. The van der Waals surface area contributed by atoms with Crippen molar-refractivity contribution >= 4 is 17.2 Å². The number of methoxy groups -OCH3 is 1. The number of rotatable bonds is 5. The van der Waals surface area contributed by atoms with Crippen LogP contribution in [-0.2, 0) is 11.3 Å². The lowest BCUT2D eigenvalue weighted by Crippen LogP contribution is -2.04. The van der Waals surface area contributed by atoms with Gasteiger partial charge in [0.05, 0.1) is 25.0 Å². The van der Waals surface area contributed by atoms with Crippen LogP contribution in [0.15, 0.2) is 24.8 Å². The lowest BCUT2D eigenvalue weighted by molar-refractivity contribution is 0.183. The highest BCUT2D eigenvalue weighted by molar-refractivity contribution is 5.68. The minimum atomic E-state index is 0.623. The molecule has 20 heavy (non-hydrogen) atoms. The van der Waals surface area contributed by atoms with Crippen LogP contribution < -0.4 is 5.32 Å². The first-order valence-electron chi connectivity index (χ1n) is 6.22. The van der Waals surface area contributed by atoms with Crippen molar-refractivity contribution in [3.05, 3.63) is 30.6 Å². The van der Waals surface area contributed by atoms with Crippen molar-refractivity contribution in [1.82, 2.24) is 29.4 Å². The molecule has 0 bridgehead atoms. The van der Waals surface area contributed by atoms with Gasteiger partial charge in [-0.1, -0.05) is 0 Å². The van der Waals surface area contributed by atoms with Crippen LogP contribution in [0.5, 0.6) is 0 Å². The van der Waals surface area contributed by atoms with E-state index in [1.54, 1.807) is 24.2 Å². The Balaban J connectivity index is 1.84. The van der Waals surface area contributed by atoms with E-state index in [9.17, 15) is 0 Å². The SMILES string of the molecule is COCCn1cc(Nc2nccn3c(C)nnc23)cn1. The predicted octanol–water partition coefficient (Wildman–Crippen LogP) is 1.02. The van der Waals surface area contributed by atoms with Gasteiger partial charge in [-0.25, -0.2) is 4.98 Å². The molecule has 0 aliphatic heterocycles. The Morgan fingerprint density at radius 1 is 1.35 bits per heavy atom. The maximum atomic E-state index is 5.02. The van der Waals surface area contributed by atoms with Gasteiger partial charge < -0.3 is 10.1 Å². The third-order valence-electron chi connectivity index (χ3n) is 2.92. The van der Waals surface area contributed by atoms with Crippen LogP contribution in [0, 0.1) is 6.92 Å². The van der Waals surface area contributed by atoms with Gasteiger partial charge in [0.15, 0.2) is 5.82 Å². The zero-order valence-corrected chi connectivity index (χ0v) is 11.3. The van der Waals surface area contributed by atoms with Crippen LogP contribution >= 0.6 is 0 Å². The maximum Gasteiger partial charge on any atom is 0.204 e. The summed E-state index contributed by atoms with van der Waals surface area (Å²) in [4.78, 5) is 4.29. The number of ether oxygens (including phenoxy) is 1. The van der Waals surface area contributed by atoms with Crippen LogP contribution in [-0.4, -0.2) is 43.1 Å². The molecule has 0 unspecified atom stereocenters. The zero-order chi connectivity index (χ0) is 13.9. The molecule has 0 amide bonds. The van der Waals surface area contributed by atoms with Crippen molar-refractivity contribution in [2.24, 2.45) is 0 Å². The van der Waals surface area contributed by atoms with E-state index in [0.29, 0.717) is 24.6 Å². The van der Waals surface area contributed by atoms with Crippen molar-refractivity contribution in [1.29, 1.82) is 0 Å². The minimum Gasteiger partial charge on any atom is -0.383 e. The third kappa shape index (κ3) is 2.32. The highest BCUT2D eigenvalue weighted by Gasteiger charge is 2.08. The van der Waals surface area contributed by atoms with Crippen molar-refractivity contribution < 1.29 is 4.74 Å². The number of hydrogen-bond donors (Lipinski definition) is 1. The first-order valence-corrected chi connectivity index (χ1v) is 6.22. The van der Waals surface area contributed by atoms with Gasteiger partial charge in [0.2, 0.25) is 5.65 Å². The number of anilines is 2. The molecule has 8 heteroatoms. The zero-order valence-electron chi connectivity index (χ0n) is 11.3. The van der Waals surface area contributed by atoms with Crippen LogP contribution in [0.1, 0.15) is 5.82 Å². The van der Waals surface area contributed by atoms with Crippen LogP contribution in [0.2, 0.25) is 0 Å². The van der Waals surface area contributed by atoms with E-state index in [2.05, 4.69) is 25.6 Å². The normalized spacial score (nSPS) is 11.1. The fraction of sp³-hybridized carbons (Fsp3) is 0.333. The van der Waals surface area contributed by atoms with Gasteiger partial charge in [-0.2, -0.15) is 5.10 Å². The molecule has 0 radical (unpaired) electrons. The number of nitrogens with zero attached hydrogens (tertiary/aromatic N) is 6. The molecule has 0 aliphatic rings. The summed E-state index contributed by atoms with van der Waals surface area (Å²) in [5.41, 5.74) is 1.54. The first-order chi connectivity index (χ1) is 9.78. The molecule has 3 aromatic rings. The molecule has 0 aliphatic carbocycles. The number of hydrogen-bond acceptors (Lipinski definition) is 6. The van der Waals surface area contributed by atoms with Crippen LogP contribution in [0.4, 0.5) is 11.5 Å². The molecule has 0 fully saturated rings. The van der Waals surface area contributed by atoms with Gasteiger partial charge in [0, 0.05) is 25.7 Å². The fourth-order valence-electron chi connectivity index (χ4n) is 1.90. The summed E-state index contributed by atoms with van der Waals surface area (Å²) in [7, 11) is 1.67. The molecule has 3 rings (SSSR count). The largest absolute Gasteiger partial charge is 0.383 e. The number of aromatic nitrogens is 6. The van der Waals surface area contributed by atoms with E-state index in [4.69, 9.17) is 4.74 Å². The predicted molar refractivity (Wildman–Crippen MR) is 72.9 cm³/mol. The number of nitrogens with one attached hydrogen (secondary N) is 1. The van der Waals surface area contributed by atoms with Crippen molar-refractivity contribution in [2.75, 3.05) is 19.0 Å². The number of aryl methyl sites for hydroxylation is 1. The Bertz CT molecular complexity index is 717. The standard InChI is InChI=1S/C12H15N7O/c1-9-16-17-12-11(13-3-4-19(9)12)15-10-7-14-18(8-10)5-6-20-2/h3-4,7-8H,5-6H2,1-2H3,(H,13,15). The van der Waals surface area contributed by atoms with Crippen molar-refractivity contribution in [3.63, 3.8) is 0 Å². The molecule has 1 N–H and O–H groups in total. The van der Waals surface area contributed by atoms with Crippen LogP contribution in [0.3, 0.4) is 0 Å². The summed E-state index contributed by atoms with van der Waals surface area (Å²) in [6.45, 7) is 3.23. The molecular formula is C12H15N7O. The lowest BCUT2D eigenvalue weighted by Gasteiger charge is -2.03. The molecule has 0 aromatic carbocycles.